The van der Waals surface area contributed by atoms with Crippen LogP contribution in [-0.2, 0) is 4.79 Å². The van der Waals surface area contributed by atoms with E-state index < -0.39 is 12.0 Å². The SMILES string of the molecule is CCCCCC1SCC(C(=O)O)N1C(=O)c1ccccc1Cl. The van der Waals surface area contributed by atoms with Gasteiger partial charge >= 0.3 is 5.97 Å². The second-order valence-corrected chi connectivity index (χ2v) is 6.95. The van der Waals surface area contributed by atoms with Crippen LogP contribution >= 0.6 is 23.4 Å². The molecular weight excluding hydrogens is 322 g/mol. The molecule has 0 spiro atoms. The van der Waals surface area contributed by atoms with E-state index in [0.717, 1.165) is 25.7 Å². The molecular formula is C16H20ClNO3S. The number of hydrogen-bond acceptors (Lipinski definition) is 3. The Bertz CT molecular complexity index is 552. The van der Waals surface area contributed by atoms with E-state index in [4.69, 9.17) is 11.6 Å². The molecule has 22 heavy (non-hydrogen) atoms. The van der Waals surface area contributed by atoms with Crippen molar-refractivity contribution in [1.82, 2.24) is 4.90 Å². The first-order valence-corrected chi connectivity index (χ1v) is 8.90. The normalized spacial score (nSPS) is 21.1. The lowest BCUT2D eigenvalue weighted by Crippen LogP contribution is -2.45. The smallest absolute Gasteiger partial charge is 0.327 e. The number of carbonyl (C=O) groups excluding carboxylic acids is 1. The lowest BCUT2D eigenvalue weighted by Gasteiger charge is -2.27. The Kier molecular flexibility index (Phi) is 6.15. The Morgan fingerprint density at radius 2 is 2.09 bits per heavy atom. The van der Waals surface area contributed by atoms with Gasteiger partial charge in [-0.05, 0) is 18.6 Å². The Morgan fingerprint density at radius 1 is 1.36 bits per heavy atom. The van der Waals surface area contributed by atoms with Crippen molar-refractivity contribution >= 4 is 35.2 Å². The van der Waals surface area contributed by atoms with E-state index in [1.54, 1.807) is 36.0 Å². The molecule has 0 aliphatic carbocycles. The van der Waals surface area contributed by atoms with Crippen molar-refractivity contribution in [2.24, 2.45) is 0 Å². The summed E-state index contributed by atoms with van der Waals surface area (Å²) in [6, 6.07) is 6.02. The number of hydrogen-bond donors (Lipinski definition) is 1. The van der Waals surface area contributed by atoms with Gasteiger partial charge in [0.15, 0.2) is 0 Å². The number of benzene rings is 1. The lowest BCUT2D eigenvalue weighted by molar-refractivity contribution is -0.141. The third kappa shape index (κ3) is 3.76. The Morgan fingerprint density at radius 3 is 2.73 bits per heavy atom. The molecule has 1 aromatic carbocycles. The summed E-state index contributed by atoms with van der Waals surface area (Å²) in [5.74, 6) is -0.808. The van der Waals surface area contributed by atoms with Crippen LogP contribution in [0.25, 0.3) is 0 Å². The van der Waals surface area contributed by atoms with Crippen LogP contribution in [0.3, 0.4) is 0 Å². The maximum absolute atomic E-state index is 12.8. The van der Waals surface area contributed by atoms with Crippen molar-refractivity contribution in [2.45, 2.75) is 44.0 Å². The summed E-state index contributed by atoms with van der Waals surface area (Å²) in [4.78, 5) is 25.8. The van der Waals surface area contributed by atoms with Crippen molar-refractivity contribution in [3.63, 3.8) is 0 Å². The second-order valence-electron chi connectivity index (χ2n) is 5.33. The first kappa shape index (κ1) is 17.2. The van der Waals surface area contributed by atoms with Gasteiger partial charge in [0.25, 0.3) is 5.91 Å². The van der Waals surface area contributed by atoms with E-state index in [1.807, 2.05) is 0 Å². The zero-order valence-corrected chi connectivity index (χ0v) is 14.1. The number of carboxylic acids is 1. The molecule has 2 atom stereocenters. The number of aliphatic carboxylic acids is 1. The number of unbranched alkanes of at least 4 members (excludes halogenated alkanes) is 2. The zero-order chi connectivity index (χ0) is 16.1. The van der Waals surface area contributed by atoms with Crippen molar-refractivity contribution in [3.8, 4) is 0 Å². The zero-order valence-electron chi connectivity index (χ0n) is 12.5. The molecule has 2 rings (SSSR count). The number of nitrogens with zero attached hydrogens (tertiary/aromatic N) is 1. The van der Waals surface area contributed by atoms with Gasteiger partial charge in [0.1, 0.15) is 6.04 Å². The van der Waals surface area contributed by atoms with E-state index in [9.17, 15) is 14.7 Å². The summed E-state index contributed by atoms with van der Waals surface area (Å²) in [5, 5.41) is 9.67. The van der Waals surface area contributed by atoms with E-state index in [1.165, 1.54) is 4.90 Å². The van der Waals surface area contributed by atoms with Crippen LogP contribution in [0.1, 0.15) is 43.0 Å². The molecule has 120 valence electrons. The highest BCUT2D eigenvalue weighted by molar-refractivity contribution is 8.00. The summed E-state index contributed by atoms with van der Waals surface area (Å²) in [6.07, 6.45) is 3.99. The van der Waals surface area contributed by atoms with Gasteiger partial charge in [0.05, 0.1) is 16.0 Å². The molecule has 1 amide bonds. The predicted molar refractivity (Wildman–Crippen MR) is 89.4 cm³/mol. The third-order valence-electron chi connectivity index (χ3n) is 3.77. The van der Waals surface area contributed by atoms with Crippen LogP contribution in [0.5, 0.6) is 0 Å². The molecule has 0 radical (unpaired) electrons. The van der Waals surface area contributed by atoms with Crippen molar-refractivity contribution < 1.29 is 14.7 Å². The van der Waals surface area contributed by atoms with Crippen LogP contribution in [0.2, 0.25) is 5.02 Å². The van der Waals surface area contributed by atoms with Gasteiger partial charge in [-0.15, -0.1) is 11.8 Å². The number of rotatable bonds is 6. The van der Waals surface area contributed by atoms with Gasteiger partial charge in [-0.25, -0.2) is 4.79 Å². The van der Waals surface area contributed by atoms with Crippen LogP contribution in [-0.4, -0.2) is 39.1 Å². The predicted octanol–water partition coefficient (Wildman–Crippen LogP) is 3.89. The lowest BCUT2D eigenvalue weighted by atomic mass is 10.1. The van der Waals surface area contributed by atoms with E-state index in [-0.39, 0.29) is 11.3 Å². The van der Waals surface area contributed by atoms with Gasteiger partial charge in [-0.1, -0.05) is 49.9 Å². The molecule has 1 aliphatic heterocycles. The topological polar surface area (TPSA) is 57.6 Å². The second kappa shape index (κ2) is 7.88. The highest BCUT2D eigenvalue weighted by atomic mass is 35.5. The maximum Gasteiger partial charge on any atom is 0.327 e. The third-order valence-corrected chi connectivity index (χ3v) is 5.46. The number of amides is 1. The molecule has 0 aromatic heterocycles. The molecule has 1 N–H and O–H groups in total. The van der Waals surface area contributed by atoms with Crippen molar-refractivity contribution in [1.29, 1.82) is 0 Å². The molecule has 2 unspecified atom stereocenters. The van der Waals surface area contributed by atoms with Crippen LogP contribution < -0.4 is 0 Å². The number of carboxylic acid groups (broad SMARTS) is 1. The van der Waals surface area contributed by atoms with Gasteiger partial charge in [0.2, 0.25) is 0 Å². The highest BCUT2D eigenvalue weighted by Gasteiger charge is 2.41. The molecule has 1 fully saturated rings. The number of thioether (sulfide) groups is 1. The summed E-state index contributed by atoms with van der Waals surface area (Å²) in [6.45, 7) is 2.12. The highest BCUT2D eigenvalue weighted by Crippen LogP contribution is 2.35. The molecule has 4 nitrogen and oxygen atoms in total. The maximum atomic E-state index is 12.8. The molecule has 0 saturated carbocycles. The molecule has 1 saturated heterocycles. The van der Waals surface area contributed by atoms with E-state index >= 15 is 0 Å². The Hall–Kier alpha value is -1.20. The summed E-state index contributed by atoms with van der Waals surface area (Å²) in [5.41, 5.74) is 0.374. The fourth-order valence-corrected chi connectivity index (χ4v) is 4.25. The quantitative estimate of drug-likeness (QED) is 0.797. The van der Waals surface area contributed by atoms with Crippen LogP contribution in [0.4, 0.5) is 0 Å². The minimum atomic E-state index is -0.953. The Labute approximate surface area is 139 Å². The van der Waals surface area contributed by atoms with Crippen molar-refractivity contribution in [2.75, 3.05) is 5.75 Å². The number of carbonyl (C=O) groups is 2. The van der Waals surface area contributed by atoms with Gasteiger partial charge < -0.3 is 10.0 Å². The largest absolute Gasteiger partial charge is 0.480 e. The standard InChI is InChI=1S/C16H20ClNO3S/c1-2-3-4-9-14-18(13(10-22-14)16(20)21)15(19)11-7-5-6-8-12(11)17/h5-8,13-14H,2-4,9-10H2,1H3,(H,20,21). The first-order valence-electron chi connectivity index (χ1n) is 7.47. The summed E-state index contributed by atoms with van der Waals surface area (Å²) in [7, 11) is 0. The molecule has 1 aromatic rings. The van der Waals surface area contributed by atoms with Crippen molar-refractivity contribution in [3.05, 3.63) is 34.9 Å². The monoisotopic (exact) mass is 341 g/mol. The van der Waals surface area contributed by atoms with Gasteiger partial charge in [-0.2, -0.15) is 0 Å². The average Bonchev–Trinajstić information content (AvgIpc) is 2.91. The molecule has 1 heterocycles. The summed E-state index contributed by atoms with van der Waals surface area (Å²) >= 11 is 7.64. The molecule has 1 aliphatic rings. The van der Waals surface area contributed by atoms with E-state index in [0.29, 0.717) is 16.3 Å². The molecule has 6 heteroatoms. The summed E-state index contributed by atoms with van der Waals surface area (Å²) < 4.78 is 0. The average molecular weight is 342 g/mol. The van der Waals surface area contributed by atoms with Crippen LogP contribution in [0, 0.1) is 0 Å². The first-order chi connectivity index (χ1) is 10.6. The van der Waals surface area contributed by atoms with Gasteiger partial charge in [-0.3, -0.25) is 4.79 Å². The van der Waals surface area contributed by atoms with Crippen LogP contribution in [0.15, 0.2) is 24.3 Å². The Balaban J connectivity index is 2.22. The van der Waals surface area contributed by atoms with Gasteiger partial charge in [0, 0.05) is 5.75 Å². The number of halogens is 1. The molecule has 0 bridgehead atoms. The minimum absolute atomic E-state index is 0.0866. The fraction of sp³-hybridized carbons (Fsp3) is 0.500. The van der Waals surface area contributed by atoms with E-state index in [2.05, 4.69) is 6.92 Å². The fourth-order valence-electron chi connectivity index (χ4n) is 2.59. The minimum Gasteiger partial charge on any atom is -0.480 e.